The number of rotatable bonds is 3. The van der Waals surface area contributed by atoms with E-state index in [1.165, 1.54) is 28.2 Å². The molecule has 0 aliphatic carbocycles. The predicted octanol–water partition coefficient (Wildman–Crippen LogP) is 4.21. The molecule has 3 aromatic rings. The van der Waals surface area contributed by atoms with Gasteiger partial charge in [0, 0.05) is 25.0 Å². The van der Waals surface area contributed by atoms with Gasteiger partial charge >= 0.3 is 0 Å². The Labute approximate surface area is 163 Å². The van der Waals surface area contributed by atoms with Gasteiger partial charge in [-0.2, -0.15) is 4.39 Å². The molecule has 0 saturated carbocycles. The van der Waals surface area contributed by atoms with Gasteiger partial charge in [-0.15, -0.1) is 11.3 Å². The van der Waals surface area contributed by atoms with E-state index in [9.17, 15) is 14.0 Å². The van der Waals surface area contributed by atoms with E-state index in [4.69, 9.17) is 11.6 Å². The van der Waals surface area contributed by atoms with E-state index < -0.39 is 17.8 Å². The molecule has 6 nitrogen and oxygen atoms in total. The molecular formula is C18H14ClFN4O2S. The van der Waals surface area contributed by atoms with Crippen LogP contribution in [0.15, 0.2) is 42.7 Å². The normalized spacial score (nSPS) is 16.3. The van der Waals surface area contributed by atoms with Gasteiger partial charge in [0.05, 0.1) is 26.6 Å². The zero-order valence-electron chi connectivity index (χ0n) is 14.1. The molecule has 1 N–H and O–H groups in total. The van der Waals surface area contributed by atoms with Crippen molar-refractivity contribution in [1.29, 1.82) is 0 Å². The van der Waals surface area contributed by atoms with Gasteiger partial charge in [0.2, 0.25) is 0 Å². The second-order valence-electron chi connectivity index (χ2n) is 6.14. The molecule has 0 aromatic carbocycles. The number of halogens is 2. The highest BCUT2D eigenvalue weighted by Crippen LogP contribution is 2.37. The van der Waals surface area contributed by atoms with Crippen molar-refractivity contribution in [3.05, 3.63) is 64.3 Å². The number of carbonyl (C=O) groups excluding carboxylic acids is 2. The highest BCUT2D eigenvalue weighted by molar-refractivity contribution is 7.20. The molecule has 1 aliphatic heterocycles. The molecule has 0 unspecified atom stereocenters. The minimum absolute atomic E-state index is 0.105. The number of carbonyl (C=O) groups is 2. The number of hydrogen-bond donors (Lipinski definition) is 1. The first kappa shape index (κ1) is 17.7. The average Bonchev–Trinajstić information content (AvgIpc) is 3.22. The van der Waals surface area contributed by atoms with Crippen LogP contribution >= 0.6 is 22.9 Å². The highest BCUT2D eigenvalue weighted by atomic mass is 35.5. The Kier molecular flexibility index (Phi) is 4.45. The summed E-state index contributed by atoms with van der Waals surface area (Å²) in [4.78, 5) is 30.9. The number of fused-ring (bicyclic) bond motifs is 1. The first-order valence-electron chi connectivity index (χ1n) is 8.15. The van der Waals surface area contributed by atoms with E-state index in [2.05, 4.69) is 10.3 Å². The molecule has 0 bridgehead atoms. The van der Waals surface area contributed by atoms with Crippen molar-refractivity contribution < 1.29 is 14.0 Å². The Morgan fingerprint density at radius 2 is 2.22 bits per heavy atom. The largest absolute Gasteiger partial charge is 0.320 e. The van der Waals surface area contributed by atoms with Gasteiger partial charge in [-0.3, -0.25) is 19.5 Å². The van der Waals surface area contributed by atoms with Crippen LogP contribution < -0.4 is 10.2 Å². The summed E-state index contributed by atoms with van der Waals surface area (Å²) in [5, 5.41) is 3.30. The van der Waals surface area contributed by atoms with Crippen LogP contribution in [0, 0.1) is 5.95 Å². The monoisotopic (exact) mass is 404 g/mol. The van der Waals surface area contributed by atoms with E-state index in [0.29, 0.717) is 21.4 Å². The molecule has 1 aliphatic rings. The highest BCUT2D eigenvalue weighted by Gasteiger charge is 2.35. The van der Waals surface area contributed by atoms with Crippen molar-refractivity contribution in [1.82, 2.24) is 9.55 Å². The molecule has 4 rings (SSSR count). The molecule has 2 amide bonds. The summed E-state index contributed by atoms with van der Waals surface area (Å²) in [6, 6.07) is 7.54. The Bertz CT molecular complexity index is 1030. The molecule has 0 saturated heterocycles. The Hall–Kier alpha value is -2.71. The molecule has 1 atom stereocenters. The quantitative estimate of drug-likeness (QED) is 0.711. The fourth-order valence-corrected chi connectivity index (χ4v) is 4.17. The lowest BCUT2D eigenvalue weighted by Gasteiger charge is -2.32. The van der Waals surface area contributed by atoms with Crippen LogP contribution in [-0.2, 0) is 0 Å². The van der Waals surface area contributed by atoms with Crippen LogP contribution in [0.2, 0.25) is 4.34 Å². The van der Waals surface area contributed by atoms with Crippen LogP contribution in [0.3, 0.4) is 0 Å². The van der Waals surface area contributed by atoms with E-state index in [0.717, 1.165) is 0 Å². The topological polar surface area (TPSA) is 67.2 Å². The molecule has 0 fully saturated rings. The lowest BCUT2D eigenvalue weighted by Crippen LogP contribution is -2.42. The molecular weight excluding hydrogens is 391 g/mol. The van der Waals surface area contributed by atoms with Crippen molar-refractivity contribution >= 4 is 45.4 Å². The average molecular weight is 405 g/mol. The summed E-state index contributed by atoms with van der Waals surface area (Å²) < 4.78 is 16.4. The van der Waals surface area contributed by atoms with Gasteiger partial charge < -0.3 is 9.88 Å². The number of pyridine rings is 1. The van der Waals surface area contributed by atoms with Gasteiger partial charge in [0.25, 0.3) is 11.8 Å². The molecule has 3 aromatic heterocycles. The van der Waals surface area contributed by atoms with E-state index in [1.807, 2.05) is 6.92 Å². The summed E-state index contributed by atoms with van der Waals surface area (Å²) in [6.07, 6.45) is 2.95. The fourth-order valence-electron chi connectivity index (χ4n) is 3.13. The third-order valence-electron chi connectivity index (χ3n) is 4.32. The standard InChI is InChI=1S/C18H14ClFN4O2S/c1-10-9-23(15-5-4-13(19)27-15)18(26)16-12(7-14(20)24(10)16)22-17(25)11-3-2-6-21-8-11/h2-8,10H,9H2,1H3,(H,22,25)/t10-/m0/s1. The summed E-state index contributed by atoms with van der Waals surface area (Å²) in [5.41, 5.74) is 0.551. The molecule has 9 heteroatoms. The smallest absolute Gasteiger partial charge is 0.277 e. The second-order valence-corrected chi connectivity index (χ2v) is 7.83. The Morgan fingerprint density at radius 1 is 1.41 bits per heavy atom. The van der Waals surface area contributed by atoms with Crippen molar-refractivity contribution in [2.24, 2.45) is 0 Å². The van der Waals surface area contributed by atoms with Gasteiger partial charge in [-0.05, 0) is 31.2 Å². The van der Waals surface area contributed by atoms with Crippen molar-refractivity contribution in [3.8, 4) is 0 Å². The summed E-state index contributed by atoms with van der Waals surface area (Å²) in [5.74, 6) is -1.43. The molecule has 138 valence electrons. The predicted molar refractivity (Wildman–Crippen MR) is 102 cm³/mol. The lowest BCUT2D eigenvalue weighted by molar-refractivity contribution is 0.0955. The molecule has 0 radical (unpaired) electrons. The number of nitrogens with one attached hydrogen (secondary N) is 1. The van der Waals surface area contributed by atoms with Crippen molar-refractivity contribution in [3.63, 3.8) is 0 Å². The van der Waals surface area contributed by atoms with Crippen LogP contribution in [0.1, 0.15) is 33.8 Å². The zero-order valence-corrected chi connectivity index (χ0v) is 15.7. The SMILES string of the molecule is C[C@H]1CN(c2ccc(Cl)s2)C(=O)c2c(NC(=O)c3cccnc3)cc(F)n21. The van der Waals surface area contributed by atoms with Gasteiger partial charge in [0.1, 0.15) is 5.69 Å². The molecule has 27 heavy (non-hydrogen) atoms. The van der Waals surface area contributed by atoms with Gasteiger partial charge in [-0.25, -0.2) is 0 Å². The van der Waals surface area contributed by atoms with Crippen LogP contribution in [-0.4, -0.2) is 27.9 Å². The first-order chi connectivity index (χ1) is 13.0. The first-order valence-corrected chi connectivity index (χ1v) is 9.34. The third kappa shape index (κ3) is 3.11. The number of nitrogens with zero attached hydrogens (tertiary/aromatic N) is 3. The fraction of sp³-hybridized carbons (Fsp3) is 0.167. The lowest BCUT2D eigenvalue weighted by atomic mass is 10.2. The second kappa shape index (κ2) is 6.79. The number of thiophene rings is 1. The minimum atomic E-state index is -0.573. The maximum atomic E-state index is 14.5. The zero-order chi connectivity index (χ0) is 19.1. The summed E-state index contributed by atoms with van der Waals surface area (Å²) >= 11 is 7.26. The van der Waals surface area contributed by atoms with Gasteiger partial charge in [-0.1, -0.05) is 11.6 Å². The van der Waals surface area contributed by atoms with E-state index in [1.54, 1.807) is 35.4 Å². The number of anilines is 2. The summed E-state index contributed by atoms with van der Waals surface area (Å²) in [7, 11) is 0. The number of hydrogen-bond acceptors (Lipinski definition) is 4. The maximum Gasteiger partial charge on any atom is 0.277 e. The van der Waals surface area contributed by atoms with E-state index >= 15 is 0 Å². The van der Waals surface area contributed by atoms with Crippen LogP contribution in [0.5, 0.6) is 0 Å². The molecule has 0 spiro atoms. The Balaban J connectivity index is 1.72. The summed E-state index contributed by atoms with van der Waals surface area (Å²) in [6.45, 7) is 2.12. The maximum absolute atomic E-state index is 14.5. The third-order valence-corrected chi connectivity index (χ3v) is 5.58. The van der Waals surface area contributed by atoms with Crippen molar-refractivity contribution in [2.75, 3.05) is 16.8 Å². The molecule has 4 heterocycles. The number of aromatic nitrogens is 2. The van der Waals surface area contributed by atoms with Crippen molar-refractivity contribution in [2.45, 2.75) is 13.0 Å². The van der Waals surface area contributed by atoms with Crippen LogP contribution in [0.25, 0.3) is 0 Å². The Morgan fingerprint density at radius 3 is 2.89 bits per heavy atom. The van der Waals surface area contributed by atoms with Crippen LogP contribution in [0.4, 0.5) is 15.1 Å². The van der Waals surface area contributed by atoms with Gasteiger partial charge in [0.15, 0.2) is 5.95 Å². The number of amides is 2. The minimum Gasteiger partial charge on any atom is -0.320 e. The van der Waals surface area contributed by atoms with E-state index in [-0.39, 0.29) is 17.4 Å².